The average molecular weight is 424 g/mol. The molecule has 11 heteroatoms. The first-order valence-electron chi connectivity index (χ1n) is 8.62. The van der Waals surface area contributed by atoms with Gasteiger partial charge in [-0.15, -0.1) is 0 Å². The molecule has 0 radical (unpaired) electrons. The minimum atomic E-state index is -2.31. The van der Waals surface area contributed by atoms with Crippen LogP contribution in [0.2, 0.25) is 0 Å². The zero-order chi connectivity index (χ0) is 22.0. The maximum Gasteiger partial charge on any atom is 0.292 e. The number of benzene rings is 2. The smallest absolute Gasteiger partial charge is 0.267 e. The highest BCUT2D eigenvalue weighted by atomic mass is 19.2. The number of halogens is 5. The summed E-state index contributed by atoms with van der Waals surface area (Å²) in [5.74, 6) is -11.7. The SMILES string of the molecule is CCCn1nc(C(=O)N/N=C/c2c(F)c(F)c(F)c(F)c2F)c2ccccc2c1=O. The highest BCUT2D eigenvalue weighted by Crippen LogP contribution is 2.21. The summed E-state index contributed by atoms with van der Waals surface area (Å²) < 4.78 is 68.0. The van der Waals surface area contributed by atoms with Gasteiger partial charge >= 0.3 is 0 Å². The minimum Gasteiger partial charge on any atom is -0.267 e. The molecule has 3 aromatic rings. The minimum absolute atomic E-state index is 0.201. The lowest BCUT2D eigenvalue weighted by Gasteiger charge is -2.09. The molecule has 1 aromatic heterocycles. The molecule has 30 heavy (non-hydrogen) atoms. The van der Waals surface area contributed by atoms with Crippen LogP contribution in [0.3, 0.4) is 0 Å². The van der Waals surface area contributed by atoms with Crippen molar-refractivity contribution >= 4 is 22.9 Å². The van der Waals surface area contributed by atoms with Crippen molar-refractivity contribution in [2.75, 3.05) is 0 Å². The van der Waals surface area contributed by atoms with E-state index in [1.54, 1.807) is 19.1 Å². The van der Waals surface area contributed by atoms with Crippen molar-refractivity contribution in [1.29, 1.82) is 0 Å². The number of hydrogen-bond donors (Lipinski definition) is 1. The van der Waals surface area contributed by atoms with Crippen molar-refractivity contribution in [2.45, 2.75) is 19.9 Å². The fraction of sp³-hybridized carbons (Fsp3) is 0.158. The summed E-state index contributed by atoms with van der Waals surface area (Å²) in [6, 6.07) is 6.15. The van der Waals surface area contributed by atoms with Gasteiger partial charge in [0.15, 0.2) is 29.0 Å². The monoisotopic (exact) mass is 424 g/mol. The van der Waals surface area contributed by atoms with E-state index in [-0.39, 0.29) is 23.0 Å². The summed E-state index contributed by atoms with van der Waals surface area (Å²) >= 11 is 0. The number of nitrogens with zero attached hydrogens (tertiary/aromatic N) is 3. The second kappa shape index (κ2) is 8.39. The number of aryl methyl sites for hydroxylation is 1. The maximum absolute atomic E-state index is 13.7. The third-order valence-electron chi connectivity index (χ3n) is 4.12. The number of amides is 1. The van der Waals surface area contributed by atoms with Gasteiger partial charge in [0, 0.05) is 11.9 Å². The molecule has 0 aliphatic carbocycles. The highest BCUT2D eigenvalue weighted by molar-refractivity contribution is 6.04. The lowest BCUT2D eigenvalue weighted by Crippen LogP contribution is -2.29. The van der Waals surface area contributed by atoms with Crippen LogP contribution in [0.25, 0.3) is 10.8 Å². The van der Waals surface area contributed by atoms with E-state index in [9.17, 15) is 31.5 Å². The van der Waals surface area contributed by atoms with E-state index in [2.05, 4.69) is 10.2 Å². The van der Waals surface area contributed by atoms with Crippen molar-refractivity contribution in [1.82, 2.24) is 15.2 Å². The number of carbonyl (C=O) groups is 1. The molecule has 3 rings (SSSR count). The van der Waals surface area contributed by atoms with Crippen LogP contribution in [0.4, 0.5) is 22.0 Å². The number of carbonyl (C=O) groups excluding carboxylic acids is 1. The molecule has 0 atom stereocenters. The van der Waals surface area contributed by atoms with Crippen LogP contribution in [0.1, 0.15) is 29.4 Å². The summed E-state index contributed by atoms with van der Waals surface area (Å²) in [7, 11) is 0. The van der Waals surface area contributed by atoms with E-state index in [4.69, 9.17) is 0 Å². The first-order chi connectivity index (χ1) is 14.3. The Bertz CT molecular complexity index is 1210. The molecule has 0 fully saturated rings. The number of hydrazone groups is 1. The van der Waals surface area contributed by atoms with Gasteiger partial charge in [0.1, 0.15) is 0 Å². The van der Waals surface area contributed by atoms with Gasteiger partial charge in [-0.3, -0.25) is 9.59 Å². The first kappa shape index (κ1) is 21.1. The lowest BCUT2D eigenvalue weighted by molar-refractivity contribution is 0.0949. The molecule has 0 spiro atoms. The van der Waals surface area contributed by atoms with Gasteiger partial charge in [-0.25, -0.2) is 32.1 Å². The Labute approximate surface area is 165 Å². The van der Waals surface area contributed by atoms with Crippen molar-refractivity contribution in [3.8, 4) is 0 Å². The molecule has 0 aliphatic heterocycles. The predicted octanol–water partition coefficient (Wildman–Crippen LogP) is 3.27. The number of nitrogens with one attached hydrogen (secondary N) is 1. The molecule has 1 N–H and O–H groups in total. The summed E-state index contributed by atoms with van der Waals surface area (Å²) in [5.41, 5.74) is -0.0111. The van der Waals surface area contributed by atoms with Crippen molar-refractivity contribution in [3.63, 3.8) is 0 Å². The second-order valence-corrected chi connectivity index (χ2v) is 6.11. The second-order valence-electron chi connectivity index (χ2n) is 6.11. The molecule has 0 saturated carbocycles. The zero-order valence-corrected chi connectivity index (χ0v) is 15.3. The van der Waals surface area contributed by atoms with Crippen LogP contribution in [0, 0.1) is 29.1 Å². The first-order valence-corrected chi connectivity index (χ1v) is 8.62. The van der Waals surface area contributed by atoms with E-state index in [1.807, 2.05) is 5.43 Å². The van der Waals surface area contributed by atoms with Crippen molar-refractivity contribution in [3.05, 3.63) is 75.0 Å². The summed E-state index contributed by atoms with van der Waals surface area (Å²) in [5, 5.41) is 7.68. The molecular weight excluding hydrogens is 411 g/mol. The Morgan fingerprint density at radius 1 is 1.03 bits per heavy atom. The fourth-order valence-corrected chi connectivity index (χ4v) is 2.71. The number of aromatic nitrogens is 2. The lowest BCUT2D eigenvalue weighted by atomic mass is 10.1. The van der Waals surface area contributed by atoms with E-state index >= 15 is 0 Å². The standard InChI is InChI=1S/C19H13F5N4O2/c1-2-7-28-19(30)10-6-4-3-5-9(10)17(27-28)18(29)26-25-8-11-12(20)14(22)16(24)15(23)13(11)21/h3-6,8H,2,7H2,1H3,(H,26,29)/b25-8+. The Balaban J connectivity index is 1.97. The summed E-state index contributed by atoms with van der Waals surface area (Å²) in [4.78, 5) is 24.9. The molecule has 0 saturated heterocycles. The molecule has 0 aliphatic rings. The van der Waals surface area contributed by atoms with Crippen LogP contribution in [-0.4, -0.2) is 21.9 Å². The van der Waals surface area contributed by atoms with Gasteiger partial charge in [0.25, 0.3) is 11.5 Å². The third kappa shape index (κ3) is 3.65. The molecule has 0 unspecified atom stereocenters. The van der Waals surface area contributed by atoms with Crippen LogP contribution in [-0.2, 0) is 6.54 Å². The van der Waals surface area contributed by atoms with Gasteiger partial charge in [-0.1, -0.05) is 25.1 Å². The molecule has 156 valence electrons. The normalized spacial score (nSPS) is 11.4. The van der Waals surface area contributed by atoms with Crippen molar-refractivity contribution in [2.24, 2.45) is 5.10 Å². The molecule has 6 nitrogen and oxygen atoms in total. The largest absolute Gasteiger partial charge is 0.292 e. The Morgan fingerprint density at radius 3 is 2.20 bits per heavy atom. The number of rotatable bonds is 5. The molecule has 1 heterocycles. The fourth-order valence-electron chi connectivity index (χ4n) is 2.71. The van der Waals surface area contributed by atoms with Crippen LogP contribution >= 0.6 is 0 Å². The van der Waals surface area contributed by atoms with Crippen LogP contribution in [0.5, 0.6) is 0 Å². The maximum atomic E-state index is 13.7. The number of hydrogen-bond acceptors (Lipinski definition) is 4. The zero-order valence-electron chi connectivity index (χ0n) is 15.3. The Kier molecular flexibility index (Phi) is 5.90. The van der Waals surface area contributed by atoms with Gasteiger partial charge in [0.05, 0.1) is 17.2 Å². The number of fused-ring (bicyclic) bond motifs is 1. The highest BCUT2D eigenvalue weighted by Gasteiger charge is 2.25. The summed E-state index contributed by atoms with van der Waals surface area (Å²) in [6.45, 7) is 2.04. The molecule has 2 aromatic carbocycles. The predicted molar refractivity (Wildman–Crippen MR) is 97.6 cm³/mol. The Hall–Kier alpha value is -3.63. The van der Waals surface area contributed by atoms with Crippen molar-refractivity contribution < 1.29 is 26.7 Å². The summed E-state index contributed by atoms with van der Waals surface area (Å²) in [6.07, 6.45) is 0.850. The quantitative estimate of drug-likeness (QED) is 0.225. The van der Waals surface area contributed by atoms with E-state index in [1.165, 1.54) is 12.1 Å². The topological polar surface area (TPSA) is 76.3 Å². The Morgan fingerprint density at radius 2 is 1.60 bits per heavy atom. The molecule has 1 amide bonds. The van der Waals surface area contributed by atoms with Gasteiger partial charge in [-0.05, 0) is 12.5 Å². The van der Waals surface area contributed by atoms with Gasteiger partial charge in [0.2, 0.25) is 5.82 Å². The van der Waals surface area contributed by atoms with Gasteiger partial charge < -0.3 is 0 Å². The average Bonchev–Trinajstić information content (AvgIpc) is 2.75. The van der Waals surface area contributed by atoms with Crippen LogP contribution in [0.15, 0.2) is 34.2 Å². The van der Waals surface area contributed by atoms with Crippen LogP contribution < -0.4 is 11.0 Å². The van der Waals surface area contributed by atoms with Gasteiger partial charge in [-0.2, -0.15) is 10.2 Å². The van der Waals surface area contributed by atoms with E-state index < -0.39 is 46.1 Å². The molecular formula is C19H13F5N4O2. The van der Waals surface area contributed by atoms with E-state index in [0.29, 0.717) is 12.6 Å². The molecule has 0 bridgehead atoms. The third-order valence-corrected chi connectivity index (χ3v) is 4.12. The van der Waals surface area contributed by atoms with E-state index in [0.717, 1.165) is 4.68 Å².